The van der Waals surface area contributed by atoms with Crippen LogP contribution in [0, 0.1) is 18.7 Å². The third-order valence-electron chi connectivity index (χ3n) is 9.64. The first-order valence-corrected chi connectivity index (χ1v) is 16.8. The van der Waals surface area contributed by atoms with Gasteiger partial charge in [0.2, 0.25) is 0 Å². The normalized spacial score (nSPS) is 16.9. The molecule has 1 aliphatic carbocycles. The lowest BCUT2D eigenvalue weighted by atomic mass is 9.73. The highest BCUT2D eigenvalue weighted by molar-refractivity contribution is 6.09. The van der Waals surface area contributed by atoms with E-state index in [0.29, 0.717) is 29.3 Å². The first-order valence-electron chi connectivity index (χ1n) is 16.8. The van der Waals surface area contributed by atoms with E-state index in [9.17, 15) is 4.39 Å². The summed E-state index contributed by atoms with van der Waals surface area (Å²) in [5.74, 6) is 3.17. The number of nitrogens with zero attached hydrogens (tertiary/aromatic N) is 4. The van der Waals surface area contributed by atoms with Crippen LogP contribution in [0.5, 0.6) is 11.5 Å². The maximum absolute atomic E-state index is 14.3. The molecule has 0 saturated heterocycles. The van der Waals surface area contributed by atoms with Gasteiger partial charge in [0.25, 0.3) is 0 Å². The van der Waals surface area contributed by atoms with E-state index in [-0.39, 0.29) is 11.7 Å². The summed E-state index contributed by atoms with van der Waals surface area (Å²) in [5, 5.41) is 7.47. The first-order chi connectivity index (χ1) is 22.6. The van der Waals surface area contributed by atoms with E-state index >= 15 is 0 Å². The molecule has 7 rings (SSSR count). The lowest BCUT2D eigenvalue weighted by molar-refractivity contribution is 0.443. The summed E-state index contributed by atoms with van der Waals surface area (Å²) in [7, 11) is 0. The largest absolute Gasteiger partial charge is 0.457 e. The van der Waals surface area contributed by atoms with Crippen LogP contribution in [0.4, 0.5) is 4.39 Å². The number of halogens is 1. The molecule has 0 N–H and O–H groups in total. The molecule has 0 bridgehead atoms. The van der Waals surface area contributed by atoms with Crippen molar-refractivity contribution in [3.63, 3.8) is 0 Å². The van der Waals surface area contributed by atoms with Crippen molar-refractivity contribution in [2.45, 2.75) is 79.1 Å². The van der Waals surface area contributed by atoms with E-state index in [1.54, 1.807) is 0 Å². The molecule has 0 spiro atoms. The molecule has 3 aromatic carbocycles. The molecule has 2 atom stereocenters. The predicted molar refractivity (Wildman–Crippen MR) is 190 cm³/mol. The first kappa shape index (κ1) is 30.9. The molecule has 1 unspecified atom stereocenters. The fraction of sp³-hybridized carbons (Fsp3) is 0.317. The van der Waals surface area contributed by atoms with Crippen LogP contribution in [0.15, 0.2) is 90.6 Å². The van der Waals surface area contributed by atoms with Crippen molar-refractivity contribution in [1.82, 2.24) is 19.3 Å². The van der Waals surface area contributed by atoms with E-state index < -0.39 is 0 Å². The van der Waals surface area contributed by atoms with Crippen molar-refractivity contribution in [1.29, 1.82) is 0 Å². The summed E-state index contributed by atoms with van der Waals surface area (Å²) in [5.41, 5.74) is 9.30. The van der Waals surface area contributed by atoms with Gasteiger partial charge < -0.3 is 4.74 Å². The zero-order valence-electron chi connectivity index (χ0n) is 28.4. The number of aromatic nitrogens is 4. The van der Waals surface area contributed by atoms with Crippen LogP contribution in [0.1, 0.15) is 94.7 Å². The van der Waals surface area contributed by atoms with Crippen LogP contribution < -0.4 is 4.74 Å². The Labute approximate surface area is 276 Å². The average molecular weight is 627 g/mol. The molecule has 0 amide bonds. The fourth-order valence-electron chi connectivity index (χ4n) is 7.61. The van der Waals surface area contributed by atoms with E-state index in [1.165, 1.54) is 47.3 Å². The van der Waals surface area contributed by atoms with E-state index in [0.717, 1.165) is 45.2 Å². The Kier molecular flexibility index (Phi) is 7.99. The number of rotatable bonds is 7. The number of fused-ring (bicyclic) bond motifs is 3. The average Bonchev–Trinajstić information content (AvgIpc) is 3.58. The number of para-hydroxylation sites is 1. The Morgan fingerprint density at radius 2 is 1.64 bits per heavy atom. The quantitative estimate of drug-likeness (QED) is 0.166. The Bertz CT molecular complexity index is 2150. The van der Waals surface area contributed by atoms with Gasteiger partial charge in [-0.15, -0.1) is 0 Å². The Hall–Kier alpha value is -4.71. The minimum atomic E-state index is -0.326. The number of benzene rings is 3. The molecular weight excluding hydrogens is 583 g/mol. The highest BCUT2D eigenvalue weighted by Gasteiger charge is 2.33. The van der Waals surface area contributed by atoms with Crippen molar-refractivity contribution < 1.29 is 9.13 Å². The monoisotopic (exact) mass is 626 g/mol. The summed E-state index contributed by atoms with van der Waals surface area (Å²) in [6.07, 6.45) is 6.28. The maximum Gasteiger partial charge on any atom is 0.140 e. The van der Waals surface area contributed by atoms with Gasteiger partial charge in [-0.05, 0) is 86.4 Å². The molecule has 1 aliphatic rings. The summed E-state index contributed by atoms with van der Waals surface area (Å²) in [6.45, 7) is 15.9. The van der Waals surface area contributed by atoms with E-state index in [1.807, 2.05) is 34.9 Å². The maximum atomic E-state index is 14.3. The smallest absolute Gasteiger partial charge is 0.140 e. The lowest BCUT2D eigenvalue weighted by Crippen LogP contribution is -2.18. The number of aryl methyl sites for hydroxylation is 1. The molecule has 6 aromatic rings. The van der Waals surface area contributed by atoms with Gasteiger partial charge in [0, 0.05) is 46.6 Å². The molecule has 0 aliphatic heterocycles. The van der Waals surface area contributed by atoms with Gasteiger partial charge in [-0.25, -0.2) is 14.1 Å². The zero-order valence-corrected chi connectivity index (χ0v) is 28.4. The van der Waals surface area contributed by atoms with Crippen molar-refractivity contribution in [3.05, 3.63) is 119 Å². The van der Waals surface area contributed by atoms with Crippen LogP contribution in [0.3, 0.4) is 0 Å². The van der Waals surface area contributed by atoms with Crippen molar-refractivity contribution >= 4 is 21.8 Å². The molecule has 6 heteroatoms. The van der Waals surface area contributed by atoms with Crippen LogP contribution in [0.2, 0.25) is 0 Å². The van der Waals surface area contributed by atoms with Crippen molar-refractivity contribution in [3.8, 4) is 23.0 Å². The van der Waals surface area contributed by atoms with Crippen molar-refractivity contribution in [2.75, 3.05) is 0 Å². The summed E-state index contributed by atoms with van der Waals surface area (Å²) in [6, 6.07) is 23.4. The fourth-order valence-corrected chi connectivity index (χ4v) is 7.61. The summed E-state index contributed by atoms with van der Waals surface area (Å²) in [4.78, 5) is 4.51. The van der Waals surface area contributed by atoms with E-state index in [2.05, 4.69) is 94.5 Å². The third kappa shape index (κ3) is 5.54. The second kappa shape index (κ2) is 12.1. The van der Waals surface area contributed by atoms with Gasteiger partial charge in [0.1, 0.15) is 23.1 Å². The second-order valence-corrected chi connectivity index (χ2v) is 13.9. The number of hydrogen-bond acceptors (Lipinski definition) is 3. The predicted octanol–water partition coefficient (Wildman–Crippen LogP) is 11.3. The van der Waals surface area contributed by atoms with Crippen LogP contribution in [-0.4, -0.2) is 19.3 Å². The van der Waals surface area contributed by atoms with E-state index in [4.69, 9.17) is 9.84 Å². The second-order valence-electron chi connectivity index (χ2n) is 13.9. The van der Waals surface area contributed by atoms with Gasteiger partial charge in [-0.3, -0.25) is 4.57 Å². The highest BCUT2D eigenvalue weighted by atomic mass is 19.1. The number of ether oxygens (including phenoxy) is 1. The Balaban J connectivity index is 1.34. The van der Waals surface area contributed by atoms with Crippen LogP contribution >= 0.6 is 0 Å². The van der Waals surface area contributed by atoms with Crippen molar-refractivity contribution in [2.24, 2.45) is 5.92 Å². The molecular formula is C41H43FN4O. The molecule has 0 radical (unpaired) electrons. The standard InChI is InChI=1S/C41H43FN4O/c1-24(2)40-39(38-27(6)11-10-12-28(38)7)41(25(3)4)46(44-40)30-19-26(5)20-32(22-30)47-31-15-16-34-33-13-8-9-14-35(33)45(36(34)23-31)37-21-29(42)17-18-43-37/h8-9,11,13-25,28,38H,10,12H2,1-7H3/t28-,38?/m0/s1. The number of hydrogen-bond donors (Lipinski definition) is 0. The highest BCUT2D eigenvalue weighted by Crippen LogP contribution is 2.45. The number of pyridine rings is 1. The Morgan fingerprint density at radius 1 is 0.851 bits per heavy atom. The minimum Gasteiger partial charge on any atom is -0.457 e. The van der Waals surface area contributed by atoms with Gasteiger partial charge in [0.05, 0.1) is 28.1 Å². The minimum absolute atomic E-state index is 0.289. The van der Waals surface area contributed by atoms with Crippen LogP contribution in [-0.2, 0) is 0 Å². The topological polar surface area (TPSA) is 44.9 Å². The SMILES string of the molecule is CC1=CCC[C@H](C)C1c1c(C(C)C)nn(-c2cc(C)cc(Oc3ccc4c5ccccc5n(-c5cc(F)ccn5)c4c3)c2)c1C(C)C. The molecule has 0 saturated carbocycles. The summed E-state index contributed by atoms with van der Waals surface area (Å²) >= 11 is 0. The zero-order chi connectivity index (χ0) is 33.0. The molecule has 0 fully saturated rings. The van der Waals surface area contributed by atoms with Gasteiger partial charge in [-0.1, -0.05) is 64.5 Å². The summed E-state index contributed by atoms with van der Waals surface area (Å²) < 4.78 is 25.1. The van der Waals surface area contributed by atoms with Gasteiger partial charge in [0.15, 0.2) is 0 Å². The molecule has 5 nitrogen and oxygen atoms in total. The van der Waals surface area contributed by atoms with Gasteiger partial charge in [-0.2, -0.15) is 5.10 Å². The van der Waals surface area contributed by atoms with Gasteiger partial charge >= 0.3 is 0 Å². The molecule has 3 heterocycles. The molecule has 240 valence electrons. The Morgan fingerprint density at radius 3 is 2.38 bits per heavy atom. The molecule has 47 heavy (non-hydrogen) atoms. The lowest BCUT2D eigenvalue weighted by Gasteiger charge is -2.31. The third-order valence-corrected chi connectivity index (χ3v) is 9.64. The van der Waals surface area contributed by atoms with Crippen LogP contribution in [0.25, 0.3) is 33.3 Å². The molecule has 3 aromatic heterocycles. The number of allylic oxidation sites excluding steroid dienone is 2.